The summed E-state index contributed by atoms with van der Waals surface area (Å²) in [6.45, 7) is 4.74. The van der Waals surface area contributed by atoms with Gasteiger partial charge in [-0.2, -0.15) is 0 Å². The number of rotatable bonds is 5. The maximum absolute atomic E-state index is 12.6. The van der Waals surface area contributed by atoms with Crippen LogP contribution in [0.1, 0.15) is 38.7 Å². The molecule has 0 aliphatic heterocycles. The minimum absolute atomic E-state index is 0.00505. The number of benzene rings is 1. The maximum Gasteiger partial charge on any atom is 0.212 e. The van der Waals surface area contributed by atoms with Gasteiger partial charge in [0, 0.05) is 18.0 Å². The van der Waals surface area contributed by atoms with Crippen LogP contribution in [-0.2, 0) is 16.6 Å². The largest absolute Gasteiger partial charge is 0.327 e. The van der Waals surface area contributed by atoms with Crippen molar-refractivity contribution in [2.75, 3.05) is 5.75 Å². The number of nitrogens with one attached hydrogen (secondary N) is 1. The Balaban J connectivity index is 1.74. The smallest absolute Gasteiger partial charge is 0.212 e. The third-order valence-corrected chi connectivity index (χ3v) is 7.76. The molecule has 4 nitrogen and oxygen atoms in total. The zero-order valence-corrected chi connectivity index (χ0v) is 14.2. The van der Waals surface area contributed by atoms with Crippen molar-refractivity contribution in [3.8, 4) is 0 Å². The molecule has 3 N–H and O–H groups in total. The molecule has 0 aromatic heterocycles. The van der Waals surface area contributed by atoms with E-state index in [0.29, 0.717) is 12.5 Å². The van der Waals surface area contributed by atoms with E-state index in [1.807, 2.05) is 30.3 Å². The molecule has 2 aliphatic carbocycles. The standard InChI is InChI=1S/C17H26N2O2S/c1-16(2)14-8-9-17(16,15(18)10-14)12-22(20,21)19-11-13-6-4-3-5-7-13/h3-7,14-15,19H,8-12,18H2,1-2H3/t14-,15-,17?/m1/s1. The molecule has 0 amide bonds. The lowest BCUT2D eigenvalue weighted by Gasteiger charge is -2.40. The molecule has 1 aromatic carbocycles. The van der Waals surface area contributed by atoms with E-state index in [2.05, 4.69) is 18.6 Å². The van der Waals surface area contributed by atoms with E-state index in [1.165, 1.54) is 0 Å². The average molecular weight is 322 g/mol. The molecule has 2 bridgehead atoms. The van der Waals surface area contributed by atoms with Gasteiger partial charge in [0.1, 0.15) is 0 Å². The first-order valence-corrected chi connectivity index (χ1v) is 9.69. The van der Waals surface area contributed by atoms with Crippen molar-refractivity contribution in [2.24, 2.45) is 22.5 Å². The summed E-state index contributed by atoms with van der Waals surface area (Å²) < 4.78 is 28.0. The van der Waals surface area contributed by atoms with Crippen LogP contribution in [0.25, 0.3) is 0 Å². The molecular formula is C17H26N2O2S. The van der Waals surface area contributed by atoms with Gasteiger partial charge in [-0.15, -0.1) is 0 Å². The Labute approximate surface area is 133 Å². The van der Waals surface area contributed by atoms with E-state index in [1.54, 1.807) is 0 Å². The Morgan fingerprint density at radius 1 is 1.27 bits per heavy atom. The van der Waals surface area contributed by atoms with Gasteiger partial charge in [0.2, 0.25) is 10.0 Å². The molecule has 2 saturated carbocycles. The first-order valence-electron chi connectivity index (χ1n) is 8.04. The highest BCUT2D eigenvalue weighted by molar-refractivity contribution is 7.89. The summed E-state index contributed by atoms with van der Waals surface area (Å²) in [5.41, 5.74) is 7.06. The first-order chi connectivity index (χ1) is 10.3. The van der Waals surface area contributed by atoms with E-state index in [0.717, 1.165) is 24.8 Å². The van der Waals surface area contributed by atoms with Gasteiger partial charge >= 0.3 is 0 Å². The van der Waals surface area contributed by atoms with E-state index in [-0.39, 0.29) is 22.6 Å². The van der Waals surface area contributed by atoms with Crippen LogP contribution in [0.2, 0.25) is 0 Å². The Morgan fingerprint density at radius 3 is 2.50 bits per heavy atom. The summed E-state index contributed by atoms with van der Waals surface area (Å²) in [6, 6.07) is 9.61. The summed E-state index contributed by atoms with van der Waals surface area (Å²) in [6.07, 6.45) is 2.99. The van der Waals surface area contributed by atoms with Crippen LogP contribution in [0, 0.1) is 16.7 Å². The SMILES string of the molecule is CC1(C)[C@@H]2CCC1(CS(=O)(=O)NCc1ccccc1)[C@H](N)C2. The molecule has 3 rings (SSSR count). The van der Waals surface area contributed by atoms with Crippen molar-refractivity contribution >= 4 is 10.0 Å². The van der Waals surface area contributed by atoms with Gasteiger partial charge in [0.05, 0.1) is 5.75 Å². The van der Waals surface area contributed by atoms with Crippen LogP contribution in [-0.4, -0.2) is 20.2 Å². The van der Waals surface area contributed by atoms with Crippen molar-refractivity contribution in [3.63, 3.8) is 0 Å². The predicted molar refractivity (Wildman–Crippen MR) is 88.6 cm³/mol. The molecule has 22 heavy (non-hydrogen) atoms. The zero-order valence-electron chi connectivity index (χ0n) is 13.4. The highest BCUT2D eigenvalue weighted by atomic mass is 32.2. The van der Waals surface area contributed by atoms with Gasteiger partial charge in [-0.1, -0.05) is 44.2 Å². The second-order valence-corrected chi connectivity index (χ2v) is 9.33. The highest BCUT2D eigenvalue weighted by Crippen LogP contribution is 2.65. The van der Waals surface area contributed by atoms with Crippen LogP contribution in [0.3, 0.4) is 0 Å². The van der Waals surface area contributed by atoms with Crippen LogP contribution < -0.4 is 10.5 Å². The van der Waals surface area contributed by atoms with E-state index in [9.17, 15) is 8.42 Å². The molecule has 0 radical (unpaired) electrons. The predicted octanol–water partition coefficient (Wildman–Crippen LogP) is 2.26. The normalized spacial score (nSPS) is 33.2. The van der Waals surface area contributed by atoms with Crippen LogP contribution in [0.5, 0.6) is 0 Å². The fourth-order valence-electron chi connectivity index (χ4n) is 4.67. The Kier molecular flexibility index (Phi) is 3.86. The molecule has 122 valence electrons. The zero-order chi connectivity index (χ0) is 16.0. The molecule has 2 fully saturated rings. The van der Waals surface area contributed by atoms with E-state index >= 15 is 0 Å². The van der Waals surface area contributed by atoms with Gasteiger partial charge in [-0.25, -0.2) is 13.1 Å². The number of sulfonamides is 1. The summed E-state index contributed by atoms with van der Waals surface area (Å²) in [5, 5.41) is 0. The summed E-state index contributed by atoms with van der Waals surface area (Å²) in [4.78, 5) is 0. The topological polar surface area (TPSA) is 72.2 Å². The van der Waals surface area contributed by atoms with E-state index in [4.69, 9.17) is 5.73 Å². The quantitative estimate of drug-likeness (QED) is 0.873. The van der Waals surface area contributed by atoms with Gasteiger partial charge in [0.25, 0.3) is 0 Å². The number of fused-ring (bicyclic) bond motifs is 2. The molecule has 1 aromatic rings. The van der Waals surface area contributed by atoms with Crippen LogP contribution >= 0.6 is 0 Å². The summed E-state index contributed by atoms with van der Waals surface area (Å²) in [5.74, 6) is 0.712. The number of hydrogen-bond donors (Lipinski definition) is 2. The summed E-state index contributed by atoms with van der Waals surface area (Å²) in [7, 11) is -3.34. The monoisotopic (exact) mass is 322 g/mol. The molecule has 2 aliphatic rings. The first kappa shape index (κ1) is 16.0. The van der Waals surface area contributed by atoms with Crippen molar-refractivity contribution < 1.29 is 8.42 Å². The lowest BCUT2D eigenvalue weighted by Crippen LogP contribution is -2.50. The lowest BCUT2D eigenvalue weighted by atomic mass is 9.69. The molecule has 3 atom stereocenters. The minimum Gasteiger partial charge on any atom is -0.327 e. The second kappa shape index (κ2) is 5.32. The third-order valence-electron chi connectivity index (χ3n) is 6.28. The van der Waals surface area contributed by atoms with Crippen molar-refractivity contribution in [2.45, 2.75) is 45.7 Å². The minimum atomic E-state index is -3.34. The van der Waals surface area contributed by atoms with Gasteiger partial charge in [-0.3, -0.25) is 0 Å². The maximum atomic E-state index is 12.6. The van der Waals surface area contributed by atoms with Gasteiger partial charge < -0.3 is 5.73 Å². The van der Waals surface area contributed by atoms with Gasteiger partial charge in [0.15, 0.2) is 0 Å². The van der Waals surface area contributed by atoms with Crippen LogP contribution in [0.4, 0.5) is 0 Å². The Bertz CT molecular complexity index is 642. The van der Waals surface area contributed by atoms with Crippen molar-refractivity contribution in [3.05, 3.63) is 35.9 Å². The Hall–Kier alpha value is -0.910. The highest BCUT2D eigenvalue weighted by Gasteiger charge is 2.64. The molecule has 0 heterocycles. The molecule has 1 unspecified atom stereocenters. The van der Waals surface area contributed by atoms with E-state index < -0.39 is 10.0 Å². The Morgan fingerprint density at radius 2 is 1.95 bits per heavy atom. The van der Waals surface area contributed by atoms with Crippen LogP contribution in [0.15, 0.2) is 30.3 Å². The average Bonchev–Trinajstić information content (AvgIpc) is 2.80. The van der Waals surface area contributed by atoms with Crippen molar-refractivity contribution in [1.29, 1.82) is 0 Å². The lowest BCUT2D eigenvalue weighted by molar-refractivity contribution is 0.139. The fraction of sp³-hybridized carbons (Fsp3) is 0.647. The second-order valence-electron chi connectivity index (χ2n) is 7.52. The molecule has 5 heteroatoms. The van der Waals surface area contributed by atoms with Gasteiger partial charge in [-0.05, 0) is 36.2 Å². The van der Waals surface area contributed by atoms with Crippen molar-refractivity contribution in [1.82, 2.24) is 4.72 Å². The fourth-order valence-corrected chi connectivity index (χ4v) is 6.57. The number of nitrogens with two attached hydrogens (primary N) is 1. The molecule has 0 saturated heterocycles. The molecule has 0 spiro atoms. The third kappa shape index (κ3) is 2.49. The summed E-state index contributed by atoms with van der Waals surface area (Å²) >= 11 is 0. The number of hydrogen-bond acceptors (Lipinski definition) is 3. The molecular weight excluding hydrogens is 296 g/mol.